The van der Waals surface area contributed by atoms with Gasteiger partial charge in [-0.1, -0.05) is 0 Å². The van der Waals surface area contributed by atoms with E-state index in [1.165, 1.54) is 7.11 Å². The van der Waals surface area contributed by atoms with Crippen molar-refractivity contribution >= 4 is 17.5 Å². The van der Waals surface area contributed by atoms with Gasteiger partial charge in [-0.3, -0.25) is 19.9 Å². The maximum atomic E-state index is 12.4. The van der Waals surface area contributed by atoms with Gasteiger partial charge >= 0.3 is 11.8 Å². The van der Waals surface area contributed by atoms with Crippen LogP contribution in [0.1, 0.15) is 52.0 Å². The van der Waals surface area contributed by atoms with Crippen LogP contribution >= 0.6 is 0 Å². The van der Waals surface area contributed by atoms with E-state index < -0.39 is 5.60 Å². The molecule has 0 N–H and O–H groups in total. The Hall–Kier alpha value is -2.59. The Morgan fingerprint density at radius 3 is 1.89 bits per heavy atom. The van der Waals surface area contributed by atoms with Gasteiger partial charge in [0, 0.05) is 82.3 Å². The normalized spacial score (nSPS) is 21.2. The topological polar surface area (TPSA) is 91.6 Å². The first-order valence-electron chi connectivity index (χ1n) is 13.6. The predicted octanol–water partition coefficient (Wildman–Crippen LogP) is 3.90. The number of ether oxygens (including phenoxy) is 2. The lowest BCUT2D eigenvalue weighted by molar-refractivity contribution is -0.385. The highest BCUT2D eigenvalue weighted by Gasteiger charge is 2.33. The number of nitro benzene ring substituents is 1. The van der Waals surface area contributed by atoms with E-state index >= 15 is 0 Å². The number of methoxy groups -OCH3 is 1. The molecule has 3 saturated heterocycles. The van der Waals surface area contributed by atoms with Crippen molar-refractivity contribution in [2.45, 2.75) is 71.1 Å². The quantitative estimate of drug-likeness (QED) is 0.429. The van der Waals surface area contributed by atoms with Crippen LogP contribution in [0.3, 0.4) is 0 Å². The number of likely N-dealkylation sites (tertiary alicyclic amines) is 1. The summed E-state index contributed by atoms with van der Waals surface area (Å²) in [6, 6.07) is 4.56. The van der Waals surface area contributed by atoms with Gasteiger partial charge in [-0.05, 0) is 58.9 Å². The minimum atomic E-state index is -0.450. The molecule has 1 aromatic rings. The molecule has 3 heterocycles. The molecule has 0 spiro atoms. The number of aryl methyl sites for hydroxylation is 1. The SMILES string of the molecule is COc1cc(N2CCC(N3CCN(C4CCN(C(=O)OC(C)(C)C)CC4)CC3)CC2)c(C)cc1[N+](=O)[O-]. The fourth-order valence-electron chi connectivity index (χ4n) is 5.99. The number of hydrogen-bond acceptors (Lipinski definition) is 8. The number of rotatable bonds is 5. The number of nitro groups is 1. The number of carbonyl (C=O) groups excluding carboxylic acids is 1. The molecular weight excluding hydrogens is 474 g/mol. The number of piperidine rings is 2. The third kappa shape index (κ3) is 6.65. The molecule has 0 saturated carbocycles. The van der Waals surface area contributed by atoms with Crippen molar-refractivity contribution in [2.24, 2.45) is 0 Å². The molecule has 37 heavy (non-hydrogen) atoms. The molecule has 0 bridgehead atoms. The third-order valence-electron chi connectivity index (χ3n) is 8.00. The molecule has 0 aromatic heterocycles. The van der Waals surface area contributed by atoms with Crippen molar-refractivity contribution in [3.63, 3.8) is 0 Å². The Morgan fingerprint density at radius 1 is 0.919 bits per heavy atom. The maximum absolute atomic E-state index is 12.4. The smallest absolute Gasteiger partial charge is 0.410 e. The van der Waals surface area contributed by atoms with E-state index in [1.54, 1.807) is 6.07 Å². The number of benzene rings is 1. The monoisotopic (exact) mass is 517 g/mol. The molecule has 0 radical (unpaired) electrons. The molecule has 10 nitrogen and oxygen atoms in total. The number of nitrogens with zero attached hydrogens (tertiary/aromatic N) is 5. The lowest BCUT2D eigenvalue weighted by Gasteiger charge is -2.46. The van der Waals surface area contributed by atoms with E-state index in [2.05, 4.69) is 14.7 Å². The van der Waals surface area contributed by atoms with Gasteiger partial charge in [-0.15, -0.1) is 0 Å². The fraction of sp³-hybridized carbons (Fsp3) is 0.741. The lowest BCUT2D eigenvalue weighted by Crippen LogP contribution is -2.57. The zero-order chi connectivity index (χ0) is 26.7. The predicted molar refractivity (Wildman–Crippen MR) is 144 cm³/mol. The van der Waals surface area contributed by atoms with Gasteiger partial charge in [0.05, 0.1) is 12.0 Å². The summed E-state index contributed by atoms with van der Waals surface area (Å²) < 4.78 is 10.8. The van der Waals surface area contributed by atoms with Gasteiger partial charge in [0.2, 0.25) is 0 Å². The van der Waals surface area contributed by atoms with Crippen molar-refractivity contribution in [1.82, 2.24) is 14.7 Å². The molecule has 1 aromatic carbocycles. The molecule has 206 valence electrons. The number of hydrogen-bond donors (Lipinski definition) is 0. The van der Waals surface area contributed by atoms with Crippen molar-refractivity contribution < 1.29 is 19.2 Å². The van der Waals surface area contributed by atoms with Crippen molar-refractivity contribution in [3.05, 3.63) is 27.8 Å². The van der Waals surface area contributed by atoms with Crippen LogP contribution in [0.15, 0.2) is 12.1 Å². The average Bonchev–Trinajstić information content (AvgIpc) is 2.88. The second-order valence-electron chi connectivity index (χ2n) is 11.6. The molecule has 10 heteroatoms. The number of piperazine rings is 1. The van der Waals surface area contributed by atoms with Crippen molar-refractivity contribution in [2.75, 3.05) is 64.4 Å². The highest BCUT2D eigenvalue weighted by molar-refractivity contribution is 5.68. The van der Waals surface area contributed by atoms with Gasteiger partial charge in [0.15, 0.2) is 5.75 Å². The molecule has 0 atom stereocenters. The molecule has 4 rings (SSSR count). The number of amides is 1. The fourth-order valence-corrected chi connectivity index (χ4v) is 5.99. The second-order valence-corrected chi connectivity index (χ2v) is 11.6. The Bertz CT molecular complexity index is 957. The van der Waals surface area contributed by atoms with Crippen LogP contribution in [0.4, 0.5) is 16.2 Å². The Labute approximate surface area is 220 Å². The molecule has 3 aliphatic rings. The summed E-state index contributed by atoms with van der Waals surface area (Å²) in [7, 11) is 1.48. The van der Waals surface area contributed by atoms with Crippen LogP contribution in [0.2, 0.25) is 0 Å². The van der Waals surface area contributed by atoms with E-state index in [9.17, 15) is 14.9 Å². The Kier molecular flexibility index (Phi) is 8.48. The first-order valence-corrected chi connectivity index (χ1v) is 13.6. The summed E-state index contributed by atoms with van der Waals surface area (Å²) in [5.41, 5.74) is 1.52. The van der Waals surface area contributed by atoms with E-state index in [1.807, 2.05) is 38.7 Å². The lowest BCUT2D eigenvalue weighted by atomic mass is 9.99. The van der Waals surface area contributed by atoms with Crippen LogP contribution in [-0.4, -0.2) is 103 Å². The molecule has 0 unspecified atom stereocenters. The molecular formula is C27H43N5O5. The van der Waals surface area contributed by atoms with Gasteiger partial charge in [-0.2, -0.15) is 0 Å². The summed E-state index contributed by atoms with van der Waals surface area (Å²) in [4.78, 5) is 32.8. The molecule has 3 fully saturated rings. The van der Waals surface area contributed by atoms with E-state index in [0.29, 0.717) is 17.8 Å². The van der Waals surface area contributed by atoms with Crippen LogP contribution < -0.4 is 9.64 Å². The van der Waals surface area contributed by atoms with Crippen LogP contribution in [-0.2, 0) is 4.74 Å². The second kappa shape index (κ2) is 11.4. The van der Waals surface area contributed by atoms with Gasteiger partial charge in [-0.25, -0.2) is 4.79 Å². The largest absolute Gasteiger partial charge is 0.490 e. The highest BCUT2D eigenvalue weighted by atomic mass is 16.6. The number of anilines is 1. The summed E-state index contributed by atoms with van der Waals surface area (Å²) >= 11 is 0. The first kappa shape index (κ1) is 27.4. The molecule has 0 aliphatic carbocycles. The third-order valence-corrected chi connectivity index (χ3v) is 8.00. The minimum Gasteiger partial charge on any atom is -0.490 e. The standard InChI is InChI=1S/C27H43N5O5/c1-20-18-24(32(34)35)25(36-5)19-23(20)30-10-6-21(7-11-30)28-14-16-29(17-15-28)22-8-12-31(13-9-22)26(33)37-27(2,3)4/h18-19,21-22H,6-17H2,1-5H3. The molecule has 1 amide bonds. The highest BCUT2D eigenvalue weighted by Crippen LogP contribution is 2.36. The van der Waals surface area contributed by atoms with Crippen molar-refractivity contribution in [3.8, 4) is 5.75 Å². The zero-order valence-electron chi connectivity index (χ0n) is 23.1. The van der Waals surface area contributed by atoms with Crippen molar-refractivity contribution in [1.29, 1.82) is 0 Å². The van der Waals surface area contributed by atoms with E-state index in [-0.39, 0.29) is 16.7 Å². The summed E-state index contributed by atoms with van der Waals surface area (Å²) in [6.45, 7) is 15.4. The van der Waals surface area contributed by atoms with Gasteiger partial charge < -0.3 is 19.3 Å². The van der Waals surface area contributed by atoms with Gasteiger partial charge in [0.25, 0.3) is 0 Å². The van der Waals surface area contributed by atoms with Crippen LogP contribution in [0.5, 0.6) is 5.75 Å². The Morgan fingerprint density at radius 2 is 1.43 bits per heavy atom. The number of carbonyl (C=O) groups is 1. The zero-order valence-corrected chi connectivity index (χ0v) is 23.1. The Balaban J connectivity index is 1.23. The maximum Gasteiger partial charge on any atom is 0.410 e. The summed E-state index contributed by atoms with van der Waals surface area (Å²) in [6.07, 6.45) is 4.01. The van der Waals surface area contributed by atoms with Crippen LogP contribution in [0.25, 0.3) is 0 Å². The van der Waals surface area contributed by atoms with E-state index in [0.717, 1.165) is 89.3 Å². The molecule has 3 aliphatic heterocycles. The summed E-state index contributed by atoms with van der Waals surface area (Å²) in [5.74, 6) is 0.320. The van der Waals surface area contributed by atoms with Gasteiger partial charge in [0.1, 0.15) is 5.60 Å². The van der Waals surface area contributed by atoms with E-state index in [4.69, 9.17) is 9.47 Å². The average molecular weight is 518 g/mol. The minimum absolute atomic E-state index is 0.0204. The van der Waals surface area contributed by atoms with Crippen LogP contribution in [0, 0.1) is 17.0 Å². The first-order chi connectivity index (χ1) is 17.6. The summed E-state index contributed by atoms with van der Waals surface area (Å²) in [5, 5.41) is 11.3.